The number of rotatable bonds is 3. The number of alkyl halides is 3. The molecule has 1 aromatic heterocycles. The van der Waals surface area contributed by atoms with Crippen LogP contribution in [0.2, 0.25) is 0 Å². The molecule has 0 atom stereocenters. The Bertz CT molecular complexity index is 650. The van der Waals surface area contributed by atoms with E-state index in [-0.39, 0.29) is 17.0 Å². The van der Waals surface area contributed by atoms with Crippen LogP contribution in [0.4, 0.5) is 13.2 Å². The lowest BCUT2D eigenvalue weighted by Crippen LogP contribution is -2.08. The Kier molecular flexibility index (Phi) is 3.39. The monoisotopic (exact) mass is 286 g/mol. The van der Waals surface area contributed by atoms with Gasteiger partial charge in [-0.25, -0.2) is 4.79 Å². The van der Waals surface area contributed by atoms with Crippen LogP contribution in [0, 0.1) is 0 Å². The first-order chi connectivity index (χ1) is 9.34. The average molecular weight is 286 g/mol. The minimum atomic E-state index is -4.58. The summed E-state index contributed by atoms with van der Waals surface area (Å²) in [7, 11) is 1.11. The summed E-state index contributed by atoms with van der Waals surface area (Å²) >= 11 is 0. The van der Waals surface area contributed by atoms with E-state index in [0.717, 1.165) is 19.2 Å². The summed E-state index contributed by atoms with van der Waals surface area (Å²) in [6.07, 6.45) is -4.58. The lowest BCUT2D eigenvalue weighted by Gasteiger charge is -2.14. The third-order valence-corrected chi connectivity index (χ3v) is 2.61. The number of carbonyl (C=O) groups is 1. The summed E-state index contributed by atoms with van der Waals surface area (Å²) in [5, 5.41) is 14.7. The molecule has 2 N–H and O–H groups in total. The number of hydrogen-bond donors (Lipinski definition) is 2. The molecule has 0 saturated heterocycles. The molecule has 0 saturated carbocycles. The lowest BCUT2D eigenvalue weighted by atomic mass is 10.1. The van der Waals surface area contributed by atoms with Crippen molar-refractivity contribution < 1.29 is 27.8 Å². The summed E-state index contributed by atoms with van der Waals surface area (Å²) in [5.74, 6) is -1.65. The zero-order valence-electron chi connectivity index (χ0n) is 10.2. The Balaban J connectivity index is 2.59. The molecular weight excluding hydrogens is 277 g/mol. The van der Waals surface area contributed by atoms with Gasteiger partial charge >= 0.3 is 12.1 Å². The van der Waals surface area contributed by atoms with E-state index in [1.807, 2.05) is 0 Å². The average Bonchev–Trinajstić information content (AvgIpc) is 2.86. The molecule has 0 aliphatic carbocycles. The molecule has 0 unspecified atom stereocenters. The highest BCUT2D eigenvalue weighted by atomic mass is 19.4. The summed E-state index contributed by atoms with van der Waals surface area (Å²) in [5.41, 5.74) is -1.05. The first-order valence-corrected chi connectivity index (χ1v) is 5.38. The van der Waals surface area contributed by atoms with Gasteiger partial charge in [0, 0.05) is 5.56 Å². The molecule has 0 aliphatic rings. The Labute approximate surface area is 111 Å². The van der Waals surface area contributed by atoms with Crippen LogP contribution >= 0.6 is 0 Å². The molecule has 20 heavy (non-hydrogen) atoms. The highest BCUT2D eigenvalue weighted by Crippen LogP contribution is 2.41. The van der Waals surface area contributed by atoms with Gasteiger partial charge in [0.25, 0.3) is 0 Å². The van der Waals surface area contributed by atoms with Gasteiger partial charge in [-0.2, -0.15) is 18.3 Å². The van der Waals surface area contributed by atoms with Gasteiger partial charge in [0.1, 0.15) is 11.4 Å². The number of aromatic nitrogens is 2. The number of carboxylic acid groups (broad SMARTS) is 1. The Hall–Kier alpha value is -2.51. The number of carboxylic acids is 1. The minimum absolute atomic E-state index is 0.0605. The van der Waals surface area contributed by atoms with Crippen molar-refractivity contribution in [3.8, 4) is 17.0 Å². The summed E-state index contributed by atoms with van der Waals surface area (Å²) in [6, 6.07) is 4.60. The highest BCUT2D eigenvalue weighted by molar-refractivity contribution is 5.87. The SMILES string of the molecule is COc1c(-c2cc(C(=O)O)[nH]n2)cccc1C(F)(F)F. The molecule has 0 aliphatic heterocycles. The van der Waals surface area contributed by atoms with Crippen molar-refractivity contribution in [3.05, 3.63) is 35.5 Å². The van der Waals surface area contributed by atoms with E-state index in [1.165, 1.54) is 12.1 Å². The number of nitrogens with zero attached hydrogens (tertiary/aromatic N) is 1. The molecule has 2 aromatic rings. The van der Waals surface area contributed by atoms with Crippen LogP contribution in [0.25, 0.3) is 11.3 Å². The Morgan fingerprint density at radius 3 is 2.60 bits per heavy atom. The van der Waals surface area contributed by atoms with Gasteiger partial charge in [-0.1, -0.05) is 6.07 Å². The zero-order valence-corrected chi connectivity index (χ0v) is 10.2. The minimum Gasteiger partial charge on any atom is -0.495 e. The number of benzene rings is 1. The van der Waals surface area contributed by atoms with Crippen LogP contribution in [0.5, 0.6) is 5.75 Å². The van der Waals surface area contributed by atoms with Gasteiger partial charge in [-0.05, 0) is 18.2 Å². The van der Waals surface area contributed by atoms with E-state index < -0.39 is 23.5 Å². The molecule has 0 bridgehead atoms. The Morgan fingerprint density at radius 2 is 2.10 bits per heavy atom. The normalized spacial score (nSPS) is 11.4. The number of halogens is 3. The molecule has 106 valence electrons. The molecule has 0 radical (unpaired) electrons. The van der Waals surface area contributed by atoms with Crippen molar-refractivity contribution >= 4 is 5.97 Å². The number of aromatic amines is 1. The topological polar surface area (TPSA) is 75.2 Å². The van der Waals surface area contributed by atoms with Crippen molar-refractivity contribution in [1.82, 2.24) is 10.2 Å². The maximum absolute atomic E-state index is 12.9. The number of nitrogens with one attached hydrogen (secondary N) is 1. The predicted molar refractivity (Wildman–Crippen MR) is 62.5 cm³/mol. The first kappa shape index (κ1) is 13.9. The van der Waals surface area contributed by atoms with Crippen LogP contribution in [-0.4, -0.2) is 28.4 Å². The predicted octanol–water partition coefficient (Wildman–Crippen LogP) is 2.80. The van der Waals surface area contributed by atoms with Crippen molar-refractivity contribution in [2.75, 3.05) is 7.11 Å². The van der Waals surface area contributed by atoms with E-state index in [2.05, 4.69) is 10.2 Å². The number of H-pyrrole nitrogens is 1. The molecule has 5 nitrogen and oxygen atoms in total. The second-order valence-electron chi connectivity index (χ2n) is 3.86. The molecule has 0 amide bonds. The summed E-state index contributed by atoms with van der Waals surface area (Å²) < 4.78 is 43.4. The first-order valence-electron chi connectivity index (χ1n) is 5.38. The molecule has 8 heteroatoms. The smallest absolute Gasteiger partial charge is 0.419 e. The van der Waals surface area contributed by atoms with E-state index in [9.17, 15) is 18.0 Å². The van der Waals surface area contributed by atoms with Crippen molar-refractivity contribution in [3.63, 3.8) is 0 Å². The van der Waals surface area contributed by atoms with Crippen molar-refractivity contribution in [1.29, 1.82) is 0 Å². The number of ether oxygens (including phenoxy) is 1. The summed E-state index contributed by atoms with van der Waals surface area (Å²) in [4.78, 5) is 10.7. The summed E-state index contributed by atoms with van der Waals surface area (Å²) in [6.45, 7) is 0. The van der Waals surface area contributed by atoms with Crippen LogP contribution in [0.3, 0.4) is 0 Å². The van der Waals surface area contributed by atoms with Crippen molar-refractivity contribution in [2.45, 2.75) is 6.18 Å². The third kappa shape index (κ3) is 2.44. The standard InChI is InChI=1S/C12H9F3N2O3/c1-20-10-6(3-2-4-7(10)12(13,14)15)8-5-9(11(18)19)17-16-8/h2-5H,1H3,(H,16,17)(H,18,19). The van der Waals surface area contributed by atoms with Gasteiger partial charge in [0.15, 0.2) is 0 Å². The third-order valence-electron chi connectivity index (χ3n) is 2.61. The highest BCUT2D eigenvalue weighted by Gasteiger charge is 2.35. The van der Waals surface area contributed by atoms with Crippen LogP contribution in [-0.2, 0) is 6.18 Å². The fourth-order valence-electron chi connectivity index (χ4n) is 1.75. The second-order valence-corrected chi connectivity index (χ2v) is 3.86. The number of hydrogen-bond acceptors (Lipinski definition) is 3. The van der Waals surface area contributed by atoms with Crippen LogP contribution in [0.15, 0.2) is 24.3 Å². The van der Waals surface area contributed by atoms with Crippen LogP contribution < -0.4 is 4.74 Å². The Morgan fingerprint density at radius 1 is 1.40 bits per heavy atom. The second kappa shape index (κ2) is 4.87. The maximum atomic E-state index is 12.9. The van der Waals surface area contributed by atoms with Gasteiger partial charge in [-0.15, -0.1) is 0 Å². The maximum Gasteiger partial charge on any atom is 0.419 e. The molecular formula is C12H9F3N2O3. The molecule has 0 fully saturated rings. The number of methoxy groups -OCH3 is 1. The number of aromatic carboxylic acids is 1. The number of para-hydroxylation sites is 1. The zero-order chi connectivity index (χ0) is 14.9. The van der Waals surface area contributed by atoms with Gasteiger partial charge in [0.2, 0.25) is 0 Å². The van der Waals surface area contributed by atoms with Crippen LogP contribution in [0.1, 0.15) is 16.1 Å². The molecule has 1 heterocycles. The van der Waals surface area contributed by atoms with E-state index >= 15 is 0 Å². The van der Waals surface area contributed by atoms with Gasteiger partial charge < -0.3 is 9.84 Å². The van der Waals surface area contributed by atoms with Gasteiger partial charge in [0.05, 0.1) is 18.4 Å². The van der Waals surface area contributed by atoms with Gasteiger partial charge in [-0.3, -0.25) is 5.10 Å². The lowest BCUT2D eigenvalue weighted by molar-refractivity contribution is -0.138. The molecule has 2 rings (SSSR count). The molecule has 1 aromatic carbocycles. The largest absolute Gasteiger partial charge is 0.495 e. The fourth-order valence-corrected chi connectivity index (χ4v) is 1.75. The van der Waals surface area contributed by atoms with E-state index in [0.29, 0.717) is 0 Å². The van der Waals surface area contributed by atoms with E-state index in [4.69, 9.17) is 9.84 Å². The quantitative estimate of drug-likeness (QED) is 0.909. The molecule has 0 spiro atoms. The van der Waals surface area contributed by atoms with Crippen molar-refractivity contribution in [2.24, 2.45) is 0 Å². The fraction of sp³-hybridized carbons (Fsp3) is 0.167. The van der Waals surface area contributed by atoms with E-state index in [1.54, 1.807) is 0 Å².